The van der Waals surface area contributed by atoms with Crippen LogP contribution in [0.15, 0.2) is 48.5 Å². The summed E-state index contributed by atoms with van der Waals surface area (Å²) in [6.07, 6.45) is 0. The number of amides is 1. The lowest BCUT2D eigenvalue weighted by atomic mass is 10.2. The zero-order chi connectivity index (χ0) is 17.8. The summed E-state index contributed by atoms with van der Waals surface area (Å²) in [6, 6.07) is 14.9. The molecule has 1 heterocycles. The highest BCUT2D eigenvalue weighted by atomic mass is 35.5. The minimum Gasteiger partial charge on any atom is -0.369 e. The molecule has 3 rings (SSSR count). The third-order valence-corrected chi connectivity index (χ3v) is 5.01. The van der Waals surface area contributed by atoms with Crippen LogP contribution in [0.3, 0.4) is 0 Å². The smallest absolute Gasteiger partial charge is 0.241 e. The van der Waals surface area contributed by atoms with Gasteiger partial charge in [-0.05, 0) is 49.4 Å². The van der Waals surface area contributed by atoms with E-state index in [9.17, 15) is 4.79 Å². The zero-order valence-corrected chi connectivity index (χ0v) is 15.6. The fourth-order valence-corrected chi connectivity index (χ4v) is 3.30. The molecule has 0 bridgehead atoms. The van der Waals surface area contributed by atoms with Crippen LogP contribution in [0.1, 0.15) is 6.92 Å². The minimum absolute atomic E-state index is 0.00136. The van der Waals surface area contributed by atoms with Crippen molar-refractivity contribution in [2.45, 2.75) is 13.0 Å². The summed E-state index contributed by atoms with van der Waals surface area (Å²) < 4.78 is 0. The summed E-state index contributed by atoms with van der Waals surface area (Å²) in [5.41, 5.74) is 1.89. The van der Waals surface area contributed by atoms with Crippen LogP contribution in [0.5, 0.6) is 0 Å². The Morgan fingerprint density at radius 3 is 2.32 bits per heavy atom. The number of piperazine rings is 1. The van der Waals surface area contributed by atoms with Crippen LogP contribution in [0.4, 0.5) is 11.4 Å². The van der Waals surface area contributed by atoms with E-state index in [1.165, 1.54) is 0 Å². The maximum absolute atomic E-state index is 12.5. The van der Waals surface area contributed by atoms with E-state index in [1.807, 2.05) is 37.3 Å². The van der Waals surface area contributed by atoms with Crippen LogP contribution in [0.2, 0.25) is 10.0 Å². The van der Waals surface area contributed by atoms with Gasteiger partial charge in [0.05, 0.1) is 6.04 Å². The summed E-state index contributed by atoms with van der Waals surface area (Å²) in [7, 11) is 0. The summed E-state index contributed by atoms with van der Waals surface area (Å²) >= 11 is 11.9. The van der Waals surface area contributed by atoms with Crippen molar-refractivity contribution in [2.24, 2.45) is 0 Å². The number of nitrogens with zero attached hydrogens (tertiary/aromatic N) is 2. The van der Waals surface area contributed by atoms with Gasteiger partial charge in [0.15, 0.2) is 0 Å². The van der Waals surface area contributed by atoms with Crippen LogP contribution in [-0.2, 0) is 4.79 Å². The van der Waals surface area contributed by atoms with Crippen molar-refractivity contribution >= 4 is 40.5 Å². The van der Waals surface area contributed by atoms with Gasteiger partial charge in [-0.15, -0.1) is 0 Å². The summed E-state index contributed by atoms with van der Waals surface area (Å²) in [6.45, 7) is 5.36. The highest BCUT2D eigenvalue weighted by Gasteiger charge is 2.25. The Balaban J connectivity index is 1.54. The quantitative estimate of drug-likeness (QED) is 0.869. The molecular weight excluding hydrogens is 357 g/mol. The summed E-state index contributed by atoms with van der Waals surface area (Å²) in [5.74, 6) is -0.00136. The average Bonchev–Trinajstić information content (AvgIpc) is 2.63. The lowest BCUT2D eigenvalue weighted by molar-refractivity contribution is -0.120. The molecule has 0 spiro atoms. The molecule has 1 aliphatic heterocycles. The van der Waals surface area contributed by atoms with Crippen LogP contribution in [-0.4, -0.2) is 43.0 Å². The number of hydrogen-bond donors (Lipinski definition) is 1. The van der Waals surface area contributed by atoms with Gasteiger partial charge in [0.25, 0.3) is 0 Å². The summed E-state index contributed by atoms with van der Waals surface area (Å²) in [4.78, 5) is 17.0. The fourth-order valence-electron chi connectivity index (χ4n) is 2.99. The average molecular weight is 378 g/mol. The third-order valence-electron chi connectivity index (χ3n) is 4.53. The van der Waals surface area contributed by atoms with Crippen molar-refractivity contribution in [3.05, 3.63) is 58.6 Å². The van der Waals surface area contributed by atoms with Gasteiger partial charge in [-0.25, -0.2) is 0 Å². The lowest BCUT2D eigenvalue weighted by Crippen LogP contribution is -2.52. The van der Waals surface area contributed by atoms with Gasteiger partial charge in [-0.3, -0.25) is 9.69 Å². The molecule has 1 saturated heterocycles. The van der Waals surface area contributed by atoms with Crippen LogP contribution < -0.4 is 10.2 Å². The van der Waals surface area contributed by atoms with E-state index in [0.29, 0.717) is 5.02 Å². The maximum Gasteiger partial charge on any atom is 0.241 e. The van der Waals surface area contributed by atoms with E-state index in [-0.39, 0.29) is 11.9 Å². The van der Waals surface area contributed by atoms with Gasteiger partial charge in [0.1, 0.15) is 0 Å². The first-order valence-corrected chi connectivity index (χ1v) is 9.09. The predicted octanol–water partition coefficient (Wildman–Crippen LogP) is 4.14. The third kappa shape index (κ3) is 4.66. The Hall–Kier alpha value is -1.75. The molecule has 0 radical (unpaired) electrons. The SMILES string of the molecule is CC(C(=O)Nc1ccc(Cl)cc1)N1CCN(c2cccc(Cl)c2)CC1. The molecule has 0 saturated carbocycles. The molecule has 132 valence electrons. The Labute approximate surface area is 158 Å². The highest BCUT2D eigenvalue weighted by molar-refractivity contribution is 6.31. The molecule has 1 atom stereocenters. The number of rotatable bonds is 4. The molecule has 1 N–H and O–H groups in total. The molecule has 1 amide bonds. The Bertz CT molecular complexity index is 728. The molecule has 2 aromatic carbocycles. The first-order valence-electron chi connectivity index (χ1n) is 8.34. The molecule has 1 unspecified atom stereocenters. The Kier molecular flexibility index (Phi) is 5.84. The second kappa shape index (κ2) is 8.09. The fraction of sp³-hybridized carbons (Fsp3) is 0.316. The summed E-state index contributed by atoms with van der Waals surface area (Å²) in [5, 5.41) is 4.35. The number of anilines is 2. The first-order chi connectivity index (χ1) is 12.0. The molecule has 25 heavy (non-hydrogen) atoms. The van der Waals surface area contributed by atoms with Crippen LogP contribution in [0.25, 0.3) is 0 Å². The standard InChI is InChI=1S/C19H21Cl2N3O/c1-14(19(25)22-17-7-5-15(20)6-8-17)23-9-11-24(12-10-23)18-4-2-3-16(21)13-18/h2-8,13-14H,9-12H2,1H3,(H,22,25). The van der Waals surface area contributed by atoms with E-state index in [1.54, 1.807) is 12.1 Å². The topological polar surface area (TPSA) is 35.6 Å². The molecule has 4 nitrogen and oxygen atoms in total. The number of hydrogen-bond acceptors (Lipinski definition) is 3. The van der Waals surface area contributed by atoms with Crippen LogP contribution in [0, 0.1) is 0 Å². The van der Waals surface area contributed by atoms with E-state index < -0.39 is 0 Å². The van der Waals surface area contributed by atoms with E-state index in [4.69, 9.17) is 23.2 Å². The maximum atomic E-state index is 12.5. The Morgan fingerprint density at radius 2 is 1.68 bits per heavy atom. The highest BCUT2D eigenvalue weighted by Crippen LogP contribution is 2.21. The monoisotopic (exact) mass is 377 g/mol. The van der Waals surface area contributed by atoms with E-state index in [0.717, 1.165) is 42.6 Å². The van der Waals surface area contributed by atoms with Crippen molar-refractivity contribution in [3.8, 4) is 0 Å². The lowest BCUT2D eigenvalue weighted by Gasteiger charge is -2.38. The van der Waals surface area contributed by atoms with Crippen molar-refractivity contribution < 1.29 is 4.79 Å². The molecule has 0 aromatic heterocycles. The van der Waals surface area contributed by atoms with Crippen molar-refractivity contribution in [2.75, 3.05) is 36.4 Å². The molecule has 6 heteroatoms. The molecule has 0 aliphatic carbocycles. The van der Waals surface area contributed by atoms with Crippen LogP contribution >= 0.6 is 23.2 Å². The predicted molar refractivity (Wildman–Crippen MR) is 105 cm³/mol. The van der Waals surface area contributed by atoms with Gasteiger partial charge in [-0.2, -0.15) is 0 Å². The van der Waals surface area contributed by atoms with E-state index >= 15 is 0 Å². The second-order valence-corrected chi connectivity index (χ2v) is 7.05. The van der Waals surface area contributed by atoms with E-state index in [2.05, 4.69) is 21.2 Å². The van der Waals surface area contributed by atoms with Crippen molar-refractivity contribution in [3.63, 3.8) is 0 Å². The minimum atomic E-state index is -0.183. The zero-order valence-electron chi connectivity index (χ0n) is 14.1. The number of halogens is 2. The number of carbonyl (C=O) groups is 1. The molecule has 1 fully saturated rings. The Morgan fingerprint density at radius 1 is 1.00 bits per heavy atom. The number of carbonyl (C=O) groups excluding carboxylic acids is 1. The molecule has 1 aliphatic rings. The second-order valence-electron chi connectivity index (χ2n) is 6.18. The van der Waals surface area contributed by atoms with Gasteiger partial charge < -0.3 is 10.2 Å². The molecule has 2 aromatic rings. The largest absolute Gasteiger partial charge is 0.369 e. The normalized spacial score (nSPS) is 16.5. The van der Waals surface area contributed by atoms with Crippen molar-refractivity contribution in [1.29, 1.82) is 0 Å². The number of nitrogens with one attached hydrogen (secondary N) is 1. The first kappa shape index (κ1) is 18.1. The van der Waals surface area contributed by atoms with Crippen molar-refractivity contribution in [1.82, 2.24) is 4.90 Å². The van der Waals surface area contributed by atoms with Gasteiger partial charge in [-0.1, -0.05) is 29.3 Å². The van der Waals surface area contributed by atoms with Gasteiger partial charge in [0, 0.05) is 47.6 Å². The van der Waals surface area contributed by atoms with Gasteiger partial charge >= 0.3 is 0 Å². The molecular formula is C19H21Cl2N3O. The number of benzene rings is 2. The van der Waals surface area contributed by atoms with Gasteiger partial charge in [0.2, 0.25) is 5.91 Å².